The summed E-state index contributed by atoms with van der Waals surface area (Å²) in [6.07, 6.45) is 3.22. The first kappa shape index (κ1) is 20.1. The molecular formula is C23H25N5OS. The molecule has 0 aliphatic rings. The molecule has 0 spiro atoms. The summed E-state index contributed by atoms with van der Waals surface area (Å²) in [5.74, 6) is 0.671. The van der Waals surface area contributed by atoms with Crippen LogP contribution in [0, 0.1) is 0 Å². The second-order valence-electron chi connectivity index (χ2n) is 6.91. The maximum Gasteiger partial charge on any atom is 0.191 e. The molecule has 154 valence electrons. The van der Waals surface area contributed by atoms with Gasteiger partial charge in [-0.25, -0.2) is 9.67 Å². The van der Waals surface area contributed by atoms with Crippen LogP contribution in [0.4, 0.5) is 0 Å². The molecule has 1 unspecified atom stereocenters. The topological polar surface area (TPSA) is 74.5 Å². The van der Waals surface area contributed by atoms with E-state index in [1.54, 1.807) is 11.3 Å². The Labute approximate surface area is 179 Å². The van der Waals surface area contributed by atoms with Crippen LogP contribution in [0.25, 0.3) is 15.8 Å². The van der Waals surface area contributed by atoms with Crippen LogP contribution < -0.4 is 10.6 Å². The normalized spacial score (nSPS) is 12.8. The largest absolute Gasteiger partial charge is 0.386 e. The number of aromatic nitrogens is 2. The van der Waals surface area contributed by atoms with E-state index in [4.69, 9.17) is 0 Å². The Morgan fingerprint density at radius 1 is 1.13 bits per heavy atom. The molecule has 0 aliphatic carbocycles. The van der Waals surface area contributed by atoms with Crippen molar-refractivity contribution in [3.8, 4) is 5.69 Å². The number of nitrogens with one attached hydrogen (secondary N) is 2. The molecule has 0 saturated heterocycles. The number of aliphatic hydroxyl groups excluding tert-OH is 1. The fourth-order valence-corrected chi connectivity index (χ4v) is 4.19. The number of thiophene rings is 1. The van der Waals surface area contributed by atoms with Gasteiger partial charge in [0.25, 0.3) is 0 Å². The Balaban J connectivity index is 1.38. The van der Waals surface area contributed by atoms with E-state index in [9.17, 15) is 5.11 Å². The van der Waals surface area contributed by atoms with Gasteiger partial charge in [0.2, 0.25) is 0 Å². The average Bonchev–Trinajstić information content (AvgIpc) is 3.43. The van der Waals surface area contributed by atoms with E-state index in [-0.39, 0.29) is 0 Å². The van der Waals surface area contributed by atoms with E-state index in [0.717, 1.165) is 28.1 Å². The number of aliphatic hydroxyl groups is 1. The van der Waals surface area contributed by atoms with Crippen LogP contribution in [0.5, 0.6) is 0 Å². The monoisotopic (exact) mass is 419 g/mol. The van der Waals surface area contributed by atoms with Crippen molar-refractivity contribution in [3.05, 3.63) is 83.5 Å². The van der Waals surface area contributed by atoms with Crippen molar-refractivity contribution in [3.63, 3.8) is 0 Å². The summed E-state index contributed by atoms with van der Waals surface area (Å²) in [6.45, 7) is 3.66. The zero-order valence-electron chi connectivity index (χ0n) is 16.8. The van der Waals surface area contributed by atoms with Gasteiger partial charge < -0.3 is 15.7 Å². The van der Waals surface area contributed by atoms with Gasteiger partial charge in [0.15, 0.2) is 5.96 Å². The summed E-state index contributed by atoms with van der Waals surface area (Å²) >= 11 is 1.62. The highest BCUT2D eigenvalue weighted by molar-refractivity contribution is 7.19. The Kier molecular flexibility index (Phi) is 6.41. The van der Waals surface area contributed by atoms with Crippen LogP contribution in [0.3, 0.4) is 0 Å². The first-order chi connectivity index (χ1) is 14.7. The van der Waals surface area contributed by atoms with Crippen molar-refractivity contribution in [2.24, 2.45) is 4.99 Å². The number of hydrogen-bond donors (Lipinski definition) is 3. The fourth-order valence-electron chi connectivity index (χ4n) is 3.14. The molecule has 2 aromatic heterocycles. The minimum atomic E-state index is -0.591. The van der Waals surface area contributed by atoms with Crippen LogP contribution in [0.1, 0.15) is 23.5 Å². The summed E-state index contributed by atoms with van der Waals surface area (Å²) in [7, 11) is 0. The highest BCUT2D eigenvalue weighted by Crippen LogP contribution is 2.29. The van der Waals surface area contributed by atoms with Gasteiger partial charge in [-0.3, -0.25) is 0 Å². The summed E-state index contributed by atoms with van der Waals surface area (Å²) in [4.78, 5) is 5.58. The van der Waals surface area contributed by atoms with E-state index in [0.29, 0.717) is 19.0 Å². The number of para-hydroxylation sites is 1. The zero-order chi connectivity index (χ0) is 20.8. The van der Waals surface area contributed by atoms with Crippen LogP contribution in [0.2, 0.25) is 0 Å². The van der Waals surface area contributed by atoms with Crippen molar-refractivity contribution in [2.75, 3.05) is 13.1 Å². The van der Waals surface area contributed by atoms with Crippen LogP contribution in [0.15, 0.2) is 78.0 Å². The smallest absolute Gasteiger partial charge is 0.191 e. The number of rotatable bonds is 7. The number of guanidine groups is 1. The summed E-state index contributed by atoms with van der Waals surface area (Å²) in [5.41, 5.74) is 2.03. The van der Waals surface area contributed by atoms with E-state index in [1.807, 2.05) is 72.5 Å². The fraction of sp³-hybridized carbons (Fsp3) is 0.217. The van der Waals surface area contributed by atoms with Gasteiger partial charge in [-0.15, -0.1) is 11.3 Å². The maximum atomic E-state index is 10.6. The molecule has 30 heavy (non-hydrogen) atoms. The van der Waals surface area contributed by atoms with E-state index in [2.05, 4.69) is 32.9 Å². The lowest BCUT2D eigenvalue weighted by molar-refractivity contribution is 0.184. The van der Waals surface area contributed by atoms with E-state index < -0.39 is 6.10 Å². The molecule has 2 heterocycles. The van der Waals surface area contributed by atoms with Crippen molar-refractivity contribution in [2.45, 2.75) is 19.6 Å². The molecule has 0 aliphatic heterocycles. The third kappa shape index (κ3) is 4.87. The predicted molar refractivity (Wildman–Crippen MR) is 123 cm³/mol. The quantitative estimate of drug-likeness (QED) is 0.314. The second-order valence-corrected chi connectivity index (χ2v) is 8.02. The van der Waals surface area contributed by atoms with Crippen LogP contribution in [-0.4, -0.2) is 33.9 Å². The molecule has 1 atom stereocenters. The number of aliphatic imine (C=N–C) groups is 1. The van der Waals surface area contributed by atoms with Crippen molar-refractivity contribution >= 4 is 27.4 Å². The molecule has 2 aromatic carbocycles. The Bertz CT molecular complexity index is 1090. The lowest BCUT2D eigenvalue weighted by Gasteiger charge is -2.14. The molecule has 0 fully saturated rings. The summed E-state index contributed by atoms with van der Waals surface area (Å²) < 4.78 is 3.03. The van der Waals surface area contributed by atoms with Gasteiger partial charge in [0.1, 0.15) is 6.10 Å². The minimum absolute atomic E-state index is 0.391. The molecule has 0 radical (unpaired) electrons. The maximum absolute atomic E-state index is 10.6. The third-order valence-electron chi connectivity index (χ3n) is 4.66. The molecule has 6 nitrogen and oxygen atoms in total. The molecule has 3 N–H and O–H groups in total. The Hall–Kier alpha value is -3.16. The number of hydrogen-bond acceptors (Lipinski definition) is 4. The molecule has 4 rings (SSSR count). The number of fused-ring (bicyclic) bond motifs is 1. The van der Waals surface area contributed by atoms with Crippen LogP contribution in [-0.2, 0) is 6.54 Å². The molecule has 4 aromatic rings. The van der Waals surface area contributed by atoms with Crippen molar-refractivity contribution in [1.29, 1.82) is 0 Å². The minimum Gasteiger partial charge on any atom is -0.386 e. The number of nitrogens with zero attached hydrogens (tertiary/aromatic N) is 3. The lowest BCUT2D eigenvalue weighted by Crippen LogP contribution is -2.39. The van der Waals surface area contributed by atoms with E-state index in [1.165, 1.54) is 4.70 Å². The van der Waals surface area contributed by atoms with Gasteiger partial charge in [0.05, 0.1) is 18.4 Å². The summed E-state index contributed by atoms with van der Waals surface area (Å²) in [5, 5.41) is 22.6. The van der Waals surface area contributed by atoms with E-state index >= 15 is 0 Å². The third-order valence-corrected chi connectivity index (χ3v) is 5.87. The predicted octanol–water partition coefficient (Wildman–Crippen LogP) is 3.88. The van der Waals surface area contributed by atoms with Gasteiger partial charge >= 0.3 is 0 Å². The standard InChI is InChI=1S/C23H25N5OS/c1-2-24-23(25-13-17-14-27-28(16-17)19-9-4-3-5-10-19)26-15-20(29)22-12-18-8-6-7-11-21(18)30-22/h3-12,14,16,20,29H,2,13,15H2,1H3,(H2,24,25,26). The zero-order valence-corrected chi connectivity index (χ0v) is 17.6. The van der Waals surface area contributed by atoms with Crippen LogP contribution >= 0.6 is 11.3 Å². The second kappa shape index (κ2) is 9.56. The molecule has 7 heteroatoms. The molecule has 0 bridgehead atoms. The van der Waals surface area contributed by atoms with Gasteiger partial charge in [0, 0.05) is 34.4 Å². The number of benzene rings is 2. The molecule has 0 saturated carbocycles. The van der Waals surface area contributed by atoms with Crippen molar-refractivity contribution in [1.82, 2.24) is 20.4 Å². The molecular weight excluding hydrogens is 394 g/mol. The first-order valence-corrected chi connectivity index (χ1v) is 10.8. The summed E-state index contributed by atoms with van der Waals surface area (Å²) in [6, 6.07) is 20.2. The highest BCUT2D eigenvalue weighted by atomic mass is 32.1. The average molecular weight is 420 g/mol. The van der Waals surface area contributed by atoms with Crippen molar-refractivity contribution < 1.29 is 5.11 Å². The Morgan fingerprint density at radius 2 is 1.93 bits per heavy atom. The lowest BCUT2D eigenvalue weighted by atomic mass is 10.2. The highest BCUT2D eigenvalue weighted by Gasteiger charge is 2.12. The van der Waals surface area contributed by atoms with Gasteiger partial charge in [-0.05, 0) is 36.6 Å². The molecule has 0 amide bonds. The van der Waals surface area contributed by atoms with Gasteiger partial charge in [-0.1, -0.05) is 36.4 Å². The SMILES string of the molecule is CCNC(=NCc1cnn(-c2ccccc2)c1)NCC(O)c1cc2ccccc2s1. The van der Waals surface area contributed by atoms with Gasteiger partial charge in [-0.2, -0.15) is 5.10 Å². The Morgan fingerprint density at radius 3 is 2.73 bits per heavy atom. The first-order valence-electron chi connectivity index (χ1n) is 10.0.